The Kier molecular flexibility index (Phi) is 4.46. The van der Waals surface area contributed by atoms with Crippen LogP contribution in [0.3, 0.4) is 0 Å². The third kappa shape index (κ3) is 3.23. The molecule has 1 aliphatic carbocycles. The minimum absolute atomic E-state index is 0.649. The van der Waals surface area contributed by atoms with Gasteiger partial charge in [0.25, 0.3) is 0 Å². The molecule has 0 radical (unpaired) electrons. The first-order chi connectivity index (χ1) is 8.26. The van der Waals surface area contributed by atoms with E-state index in [-0.39, 0.29) is 0 Å². The summed E-state index contributed by atoms with van der Waals surface area (Å²) in [6.45, 7) is 3.13. The molecule has 0 spiro atoms. The lowest BCUT2D eigenvalue weighted by molar-refractivity contribution is 0.458. The van der Waals surface area contributed by atoms with Crippen molar-refractivity contribution in [2.75, 3.05) is 7.05 Å². The molecular formula is C13H22ClN3. The monoisotopic (exact) mass is 255 g/mol. The summed E-state index contributed by atoms with van der Waals surface area (Å²) in [6, 6.07) is 0.649. The summed E-state index contributed by atoms with van der Waals surface area (Å²) in [7, 11) is 2.06. The highest BCUT2D eigenvalue weighted by atomic mass is 35.5. The highest BCUT2D eigenvalue weighted by molar-refractivity contribution is 6.31. The molecule has 3 nitrogen and oxygen atoms in total. The molecule has 0 bridgehead atoms. The van der Waals surface area contributed by atoms with Crippen LogP contribution in [0.4, 0.5) is 0 Å². The van der Waals surface area contributed by atoms with E-state index in [1.165, 1.54) is 18.5 Å². The quantitative estimate of drug-likeness (QED) is 0.812. The van der Waals surface area contributed by atoms with Gasteiger partial charge < -0.3 is 5.32 Å². The van der Waals surface area contributed by atoms with Gasteiger partial charge in [-0.2, -0.15) is 5.10 Å². The predicted molar refractivity (Wildman–Crippen MR) is 71.4 cm³/mol. The van der Waals surface area contributed by atoms with Crippen LogP contribution in [-0.2, 0) is 13.0 Å². The Balaban J connectivity index is 1.94. The fourth-order valence-electron chi connectivity index (χ4n) is 2.45. The summed E-state index contributed by atoms with van der Waals surface area (Å²) in [5.74, 6) is 0.890. The normalized spacial score (nSPS) is 17.4. The molecule has 0 aromatic carbocycles. The van der Waals surface area contributed by atoms with Gasteiger partial charge in [-0.3, -0.25) is 4.68 Å². The van der Waals surface area contributed by atoms with Gasteiger partial charge in [-0.05, 0) is 45.1 Å². The second kappa shape index (κ2) is 5.87. The van der Waals surface area contributed by atoms with Crippen molar-refractivity contribution < 1.29 is 0 Å². The highest BCUT2D eigenvalue weighted by Gasteiger charge is 2.29. The molecule has 0 amide bonds. The molecular weight excluding hydrogens is 234 g/mol. The Labute approximate surface area is 109 Å². The van der Waals surface area contributed by atoms with E-state index in [1.807, 2.05) is 0 Å². The van der Waals surface area contributed by atoms with E-state index in [0.29, 0.717) is 6.04 Å². The van der Waals surface area contributed by atoms with Crippen molar-refractivity contribution in [1.29, 1.82) is 0 Å². The highest BCUT2D eigenvalue weighted by Crippen LogP contribution is 2.34. The van der Waals surface area contributed by atoms with Gasteiger partial charge in [-0.1, -0.05) is 18.5 Å². The third-order valence-electron chi connectivity index (χ3n) is 3.59. The summed E-state index contributed by atoms with van der Waals surface area (Å²) < 4.78 is 2.06. The Morgan fingerprint density at radius 1 is 1.59 bits per heavy atom. The van der Waals surface area contributed by atoms with Crippen LogP contribution in [0.1, 0.15) is 38.3 Å². The fourth-order valence-corrected chi connectivity index (χ4v) is 2.68. The van der Waals surface area contributed by atoms with Crippen LogP contribution in [0, 0.1) is 5.92 Å². The Morgan fingerprint density at radius 3 is 2.94 bits per heavy atom. The van der Waals surface area contributed by atoms with Crippen LogP contribution in [0.25, 0.3) is 0 Å². The molecule has 1 atom stereocenters. The van der Waals surface area contributed by atoms with E-state index < -0.39 is 0 Å². The zero-order valence-electron chi connectivity index (χ0n) is 10.7. The first kappa shape index (κ1) is 12.9. The van der Waals surface area contributed by atoms with Gasteiger partial charge >= 0.3 is 0 Å². The number of rotatable bonds is 7. The van der Waals surface area contributed by atoms with Gasteiger partial charge in [0.15, 0.2) is 0 Å². The molecule has 2 rings (SSSR count). The van der Waals surface area contributed by atoms with Gasteiger partial charge in [0.05, 0.1) is 16.9 Å². The average Bonchev–Trinajstić information content (AvgIpc) is 3.10. The van der Waals surface area contributed by atoms with Crippen LogP contribution in [-0.4, -0.2) is 22.9 Å². The number of halogens is 1. The topological polar surface area (TPSA) is 29.9 Å². The van der Waals surface area contributed by atoms with Crippen molar-refractivity contribution in [3.63, 3.8) is 0 Å². The molecule has 1 aromatic rings. The number of aryl methyl sites for hydroxylation is 1. The molecule has 4 heteroatoms. The Bertz CT molecular complexity index is 358. The van der Waals surface area contributed by atoms with Gasteiger partial charge in [0.1, 0.15) is 0 Å². The first-order valence-electron chi connectivity index (χ1n) is 6.63. The molecule has 96 valence electrons. The lowest BCUT2D eigenvalue weighted by atomic mass is 10.1. The SMILES string of the molecule is CCCn1ncc(Cl)c1CCC(NC)C1CC1. The summed E-state index contributed by atoms with van der Waals surface area (Å²) in [6.07, 6.45) is 7.83. The fraction of sp³-hybridized carbons (Fsp3) is 0.769. The number of nitrogens with zero attached hydrogens (tertiary/aromatic N) is 2. The van der Waals surface area contributed by atoms with Crippen molar-refractivity contribution in [1.82, 2.24) is 15.1 Å². The molecule has 0 saturated heterocycles. The number of hydrogen-bond donors (Lipinski definition) is 1. The summed E-state index contributed by atoms with van der Waals surface area (Å²) in [5.41, 5.74) is 1.20. The maximum absolute atomic E-state index is 6.20. The molecule has 1 aromatic heterocycles. The molecule has 0 aliphatic heterocycles. The van der Waals surface area contributed by atoms with Gasteiger partial charge in [0, 0.05) is 12.6 Å². The maximum Gasteiger partial charge on any atom is 0.0817 e. The number of hydrogen-bond acceptors (Lipinski definition) is 2. The van der Waals surface area contributed by atoms with Crippen LogP contribution in [0.5, 0.6) is 0 Å². The lowest BCUT2D eigenvalue weighted by Gasteiger charge is -2.15. The smallest absolute Gasteiger partial charge is 0.0817 e. The van der Waals surface area contributed by atoms with Crippen molar-refractivity contribution in [3.8, 4) is 0 Å². The number of nitrogens with one attached hydrogen (secondary N) is 1. The van der Waals surface area contributed by atoms with Gasteiger partial charge in [-0.15, -0.1) is 0 Å². The molecule has 1 aliphatic rings. The molecule has 1 N–H and O–H groups in total. The Morgan fingerprint density at radius 2 is 2.35 bits per heavy atom. The summed E-state index contributed by atoms with van der Waals surface area (Å²) >= 11 is 6.20. The number of aromatic nitrogens is 2. The maximum atomic E-state index is 6.20. The van der Waals surface area contributed by atoms with E-state index >= 15 is 0 Å². The second-order valence-electron chi connectivity index (χ2n) is 4.93. The predicted octanol–water partition coefficient (Wildman–Crippen LogP) is 2.88. The van der Waals surface area contributed by atoms with E-state index in [0.717, 1.165) is 36.7 Å². The summed E-state index contributed by atoms with van der Waals surface area (Å²) in [5, 5.41) is 8.58. The standard InChI is InChI=1S/C13H22ClN3/c1-3-8-17-13(11(14)9-16-17)7-6-12(15-2)10-4-5-10/h9-10,12,15H,3-8H2,1-2H3. The van der Waals surface area contributed by atoms with E-state index in [2.05, 4.69) is 29.1 Å². The Hall–Kier alpha value is -0.540. The minimum atomic E-state index is 0.649. The first-order valence-corrected chi connectivity index (χ1v) is 7.01. The van der Waals surface area contributed by atoms with E-state index in [9.17, 15) is 0 Å². The molecule has 1 fully saturated rings. The van der Waals surface area contributed by atoms with E-state index in [1.54, 1.807) is 6.20 Å². The minimum Gasteiger partial charge on any atom is -0.317 e. The van der Waals surface area contributed by atoms with Crippen molar-refractivity contribution in [3.05, 3.63) is 16.9 Å². The second-order valence-corrected chi connectivity index (χ2v) is 5.34. The van der Waals surface area contributed by atoms with Crippen molar-refractivity contribution in [2.45, 2.75) is 51.6 Å². The molecule has 1 heterocycles. The van der Waals surface area contributed by atoms with Crippen LogP contribution in [0.15, 0.2) is 6.20 Å². The van der Waals surface area contributed by atoms with Crippen LogP contribution >= 0.6 is 11.6 Å². The zero-order chi connectivity index (χ0) is 12.3. The van der Waals surface area contributed by atoms with Crippen LogP contribution in [0.2, 0.25) is 5.02 Å². The summed E-state index contributed by atoms with van der Waals surface area (Å²) in [4.78, 5) is 0. The van der Waals surface area contributed by atoms with Gasteiger partial charge in [0.2, 0.25) is 0 Å². The van der Waals surface area contributed by atoms with Crippen molar-refractivity contribution >= 4 is 11.6 Å². The molecule has 17 heavy (non-hydrogen) atoms. The van der Waals surface area contributed by atoms with Gasteiger partial charge in [-0.25, -0.2) is 0 Å². The zero-order valence-corrected chi connectivity index (χ0v) is 11.5. The molecule has 1 saturated carbocycles. The lowest BCUT2D eigenvalue weighted by Crippen LogP contribution is -2.28. The third-order valence-corrected chi connectivity index (χ3v) is 3.90. The van der Waals surface area contributed by atoms with Crippen LogP contribution < -0.4 is 5.32 Å². The largest absolute Gasteiger partial charge is 0.317 e. The molecule has 1 unspecified atom stereocenters. The van der Waals surface area contributed by atoms with Crippen molar-refractivity contribution in [2.24, 2.45) is 5.92 Å². The average molecular weight is 256 g/mol. The van der Waals surface area contributed by atoms with E-state index in [4.69, 9.17) is 11.6 Å².